The summed E-state index contributed by atoms with van der Waals surface area (Å²) in [5, 5.41) is 0.142. The summed E-state index contributed by atoms with van der Waals surface area (Å²) in [6.07, 6.45) is 0. The van der Waals surface area contributed by atoms with Crippen LogP contribution in [0.15, 0.2) is 18.2 Å². The molecule has 1 rings (SSSR count). The van der Waals surface area contributed by atoms with E-state index in [1.165, 1.54) is 6.07 Å². The second-order valence-electron chi connectivity index (χ2n) is 3.39. The van der Waals surface area contributed by atoms with Gasteiger partial charge in [0.15, 0.2) is 0 Å². The molecule has 0 aliphatic rings. The van der Waals surface area contributed by atoms with Crippen LogP contribution in [0.2, 0.25) is 5.02 Å². The number of likely N-dealkylation sites (N-methyl/N-ethyl adjacent to an activating group) is 1. The van der Waals surface area contributed by atoms with Crippen LogP contribution in [0.4, 0.5) is 4.39 Å². The van der Waals surface area contributed by atoms with Crippen molar-refractivity contribution in [2.24, 2.45) is 5.73 Å². The van der Waals surface area contributed by atoms with E-state index in [-0.39, 0.29) is 11.1 Å². The highest BCUT2D eigenvalue weighted by molar-refractivity contribution is 6.30. The van der Waals surface area contributed by atoms with Crippen molar-refractivity contribution in [1.29, 1.82) is 0 Å². The molecule has 1 aromatic rings. The van der Waals surface area contributed by atoms with Gasteiger partial charge in [-0.25, -0.2) is 4.39 Å². The molecule has 2 N–H and O–H groups in total. The first kappa shape index (κ1) is 11.4. The predicted octanol–water partition coefficient (Wildman–Crippen LogP) is 2.04. The van der Waals surface area contributed by atoms with Crippen LogP contribution >= 0.6 is 11.6 Å². The second-order valence-corrected chi connectivity index (χ2v) is 3.80. The fourth-order valence-electron chi connectivity index (χ4n) is 1.36. The molecule has 2 nitrogen and oxygen atoms in total. The largest absolute Gasteiger partial charge is 0.329 e. The summed E-state index contributed by atoms with van der Waals surface area (Å²) in [6, 6.07) is 4.81. The highest BCUT2D eigenvalue weighted by atomic mass is 35.5. The van der Waals surface area contributed by atoms with Crippen LogP contribution in [0, 0.1) is 5.82 Å². The molecule has 78 valence electrons. The number of hydrogen-bond acceptors (Lipinski definition) is 2. The summed E-state index contributed by atoms with van der Waals surface area (Å²) >= 11 is 5.59. The molecule has 0 saturated heterocycles. The minimum absolute atomic E-state index is 0.0294. The van der Waals surface area contributed by atoms with E-state index in [0.29, 0.717) is 6.54 Å². The Morgan fingerprint density at radius 2 is 2.14 bits per heavy atom. The van der Waals surface area contributed by atoms with Crippen LogP contribution in [-0.4, -0.2) is 25.5 Å². The maximum absolute atomic E-state index is 13.1. The second kappa shape index (κ2) is 4.73. The summed E-state index contributed by atoms with van der Waals surface area (Å²) in [6.45, 7) is 0.452. The van der Waals surface area contributed by atoms with Crippen LogP contribution in [0.25, 0.3) is 0 Å². The van der Waals surface area contributed by atoms with Gasteiger partial charge in [0.1, 0.15) is 5.82 Å². The van der Waals surface area contributed by atoms with Gasteiger partial charge in [0, 0.05) is 12.6 Å². The molecular formula is C10H14ClFN2. The zero-order valence-corrected chi connectivity index (χ0v) is 9.05. The summed E-state index contributed by atoms with van der Waals surface area (Å²) in [5.41, 5.74) is 6.44. The van der Waals surface area contributed by atoms with E-state index in [2.05, 4.69) is 0 Å². The number of benzene rings is 1. The Kier molecular flexibility index (Phi) is 3.86. The number of halogens is 2. The summed E-state index contributed by atoms with van der Waals surface area (Å²) in [7, 11) is 3.81. The lowest BCUT2D eigenvalue weighted by Crippen LogP contribution is -2.27. The molecule has 14 heavy (non-hydrogen) atoms. The minimum Gasteiger partial charge on any atom is -0.329 e. The SMILES string of the molecule is CN(C)[C@@H](CN)c1ccc(Cl)c(F)c1. The molecular weight excluding hydrogens is 203 g/mol. The van der Waals surface area contributed by atoms with Crippen molar-refractivity contribution >= 4 is 11.6 Å². The van der Waals surface area contributed by atoms with Crippen molar-refractivity contribution in [3.63, 3.8) is 0 Å². The van der Waals surface area contributed by atoms with Gasteiger partial charge in [-0.15, -0.1) is 0 Å². The van der Waals surface area contributed by atoms with E-state index in [0.717, 1.165) is 5.56 Å². The smallest absolute Gasteiger partial charge is 0.142 e. The molecule has 0 fully saturated rings. The normalized spacial score (nSPS) is 13.3. The van der Waals surface area contributed by atoms with E-state index in [1.807, 2.05) is 19.0 Å². The van der Waals surface area contributed by atoms with Crippen LogP contribution in [0.5, 0.6) is 0 Å². The van der Waals surface area contributed by atoms with Crippen molar-refractivity contribution < 1.29 is 4.39 Å². The molecule has 0 spiro atoms. The molecule has 1 aromatic carbocycles. The molecule has 0 heterocycles. The van der Waals surface area contributed by atoms with E-state index >= 15 is 0 Å². The molecule has 0 radical (unpaired) electrons. The topological polar surface area (TPSA) is 29.3 Å². The van der Waals surface area contributed by atoms with E-state index in [1.54, 1.807) is 12.1 Å². The van der Waals surface area contributed by atoms with Crippen molar-refractivity contribution in [3.8, 4) is 0 Å². The van der Waals surface area contributed by atoms with Gasteiger partial charge in [-0.05, 0) is 31.8 Å². The van der Waals surface area contributed by atoms with Gasteiger partial charge in [-0.2, -0.15) is 0 Å². The van der Waals surface area contributed by atoms with Gasteiger partial charge in [0.25, 0.3) is 0 Å². The molecule has 0 bridgehead atoms. The first-order chi connectivity index (χ1) is 6.56. The van der Waals surface area contributed by atoms with Crippen molar-refractivity contribution in [3.05, 3.63) is 34.6 Å². The third-order valence-corrected chi connectivity index (χ3v) is 2.48. The molecule has 0 aliphatic carbocycles. The Morgan fingerprint density at radius 1 is 1.50 bits per heavy atom. The molecule has 0 aromatic heterocycles. The van der Waals surface area contributed by atoms with Gasteiger partial charge in [-0.1, -0.05) is 17.7 Å². The van der Waals surface area contributed by atoms with Crippen molar-refractivity contribution in [2.45, 2.75) is 6.04 Å². The summed E-state index contributed by atoms with van der Waals surface area (Å²) in [5.74, 6) is -0.399. The Balaban J connectivity index is 3.00. The molecule has 1 atom stereocenters. The Hall–Kier alpha value is -0.640. The monoisotopic (exact) mass is 216 g/mol. The van der Waals surface area contributed by atoms with E-state index < -0.39 is 5.82 Å². The van der Waals surface area contributed by atoms with Gasteiger partial charge in [-0.3, -0.25) is 0 Å². The Labute approximate surface area is 88.5 Å². The van der Waals surface area contributed by atoms with Crippen molar-refractivity contribution in [1.82, 2.24) is 4.90 Å². The maximum atomic E-state index is 13.1. The fraction of sp³-hybridized carbons (Fsp3) is 0.400. The lowest BCUT2D eigenvalue weighted by Gasteiger charge is -2.23. The Bertz CT molecular complexity index is 315. The average Bonchev–Trinajstić information content (AvgIpc) is 2.11. The Morgan fingerprint density at radius 3 is 2.57 bits per heavy atom. The van der Waals surface area contributed by atoms with Crippen LogP contribution in [-0.2, 0) is 0 Å². The van der Waals surface area contributed by atoms with Crippen LogP contribution in [0.1, 0.15) is 11.6 Å². The lowest BCUT2D eigenvalue weighted by atomic mass is 10.1. The van der Waals surface area contributed by atoms with Crippen LogP contribution in [0.3, 0.4) is 0 Å². The number of nitrogens with zero attached hydrogens (tertiary/aromatic N) is 1. The van der Waals surface area contributed by atoms with Gasteiger partial charge < -0.3 is 10.6 Å². The number of nitrogens with two attached hydrogens (primary N) is 1. The zero-order valence-electron chi connectivity index (χ0n) is 8.30. The number of rotatable bonds is 3. The van der Waals surface area contributed by atoms with Crippen LogP contribution < -0.4 is 5.73 Å². The highest BCUT2D eigenvalue weighted by Gasteiger charge is 2.13. The highest BCUT2D eigenvalue weighted by Crippen LogP contribution is 2.22. The maximum Gasteiger partial charge on any atom is 0.142 e. The van der Waals surface area contributed by atoms with E-state index in [4.69, 9.17) is 17.3 Å². The predicted molar refractivity (Wildman–Crippen MR) is 56.9 cm³/mol. The van der Waals surface area contributed by atoms with Gasteiger partial charge >= 0.3 is 0 Å². The van der Waals surface area contributed by atoms with Gasteiger partial charge in [0.2, 0.25) is 0 Å². The quantitative estimate of drug-likeness (QED) is 0.838. The third-order valence-electron chi connectivity index (χ3n) is 2.18. The molecule has 0 saturated carbocycles. The standard InChI is InChI=1S/C10H14ClFN2/c1-14(2)10(6-13)7-3-4-8(11)9(12)5-7/h3-5,10H,6,13H2,1-2H3/t10-/m0/s1. The molecule has 4 heteroatoms. The molecule has 0 aliphatic heterocycles. The van der Waals surface area contributed by atoms with E-state index in [9.17, 15) is 4.39 Å². The number of hydrogen-bond donors (Lipinski definition) is 1. The summed E-state index contributed by atoms with van der Waals surface area (Å²) in [4.78, 5) is 1.95. The third kappa shape index (κ3) is 2.44. The average molecular weight is 217 g/mol. The first-order valence-electron chi connectivity index (χ1n) is 4.37. The summed E-state index contributed by atoms with van der Waals surface area (Å²) < 4.78 is 13.1. The van der Waals surface area contributed by atoms with Gasteiger partial charge in [0.05, 0.1) is 5.02 Å². The zero-order chi connectivity index (χ0) is 10.7. The van der Waals surface area contributed by atoms with Crippen molar-refractivity contribution in [2.75, 3.05) is 20.6 Å². The first-order valence-corrected chi connectivity index (χ1v) is 4.75. The minimum atomic E-state index is -0.399. The molecule has 0 unspecified atom stereocenters. The lowest BCUT2D eigenvalue weighted by molar-refractivity contribution is 0.305. The fourth-order valence-corrected chi connectivity index (χ4v) is 1.48. The molecule has 0 amide bonds.